The Morgan fingerprint density at radius 3 is 2.27 bits per heavy atom. The third kappa shape index (κ3) is 8.24. The van der Waals surface area contributed by atoms with E-state index in [1.807, 2.05) is 17.0 Å². The topological polar surface area (TPSA) is 98.8 Å². The van der Waals surface area contributed by atoms with Crippen molar-refractivity contribution in [3.8, 4) is 5.75 Å². The summed E-state index contributed by atoms with van der Waals surface area (Å²) in [6.45, 7) is 6.80. The summed E-state index contributed by atoms with van der Waals surface area (Å²) in [5.41, 5.74) is 2.23. The highest BCUT2D eigenvalue weighted by atomic mass is 35.5. The zero-order chi connectivity index (χ0) is 30.9. The summed E-state index contributed by atoms with van der Waals surface area (Å²) in [5, 5.41) is 9.34. The van der Waals surface area contributed by atoms with Crippen molar-refractivity contribution in [3.63, 3.8) is 0 Å². The Labute approximate surface area is 261 Å². The summed E-state index contributed by atoms with van der Waals surface area (Å²) in [6.07, 6.45) is 0.333. The minimum atomic E-state index is -0.526. The summed E-state index contributed by atoms with van der Waals surface area (Å²) in [7, 11) is 0. The number of hydrogen-bond donors (Lipinski definition) is 3. The molecule has 0 bridgehead atoms. The molecule has 0 saturated carbocycles. The number of halogens is 2. The van der Waals surface area contributed by atoms with Crippen molar-refractivity contribution in [2.24, 2.45) is 0 Å². The van der Waals surface area contributed by atoms with Crippen LogP contribution >= 0.6 is 11.6 Å². The smallest absolute Gasteiger partial charge is 0.255 e. The maximum absolute atomic E-state index is 14.6. The lowest BCUT2D eigenvalue weighted by Gasteiger charge is -2.34. The number of carbonyl (C=O) groups is 2. The van der Waals surface area contributed by atoms with Crippen LogP contribution in [0.1, 0.15) is 23.7 Å². The Bertz CT molecular complexity index is 1580. The Hall–Kier alpha value is -4.67. The molecule has 2 heterocycles. The van der Waals surface area contributed by atoms with E-state index in [1.165, 1.54) is 6.07 Å². The molecule has 0 aliphatic carbocycles. The SMILES string of the molecule is CCN1CCN(C(=O)CCOc2ccc(Nc3ccc(F)c(Nc4ccc(C(=O)Nc5ccccc5Cl)cc4)n3)cc2)CC1. The van der Waals surface area contributed by atoms with Crippen molar-refractivity contribution in [1.82, 2.24) is 14.8 Å². The van der Waals surface area contributed by atoms with Crippen molar-refractivity contribution in [3.05, 3.63) is 101 Å². The number of ether oxygens (including phenoxy) is 1. The molecule has 1 aromatic heterocycles. The highest BCUT2D eigenvalue weighted by molar-refractivity contribution is 6.33. The summed E-state index contributed by atoms with van der Waals surface area (Å²) in [6, 6.07) is 23.7. The van der Waals surface area contributed by atoms with E-state index in [9.17, 15) is 14.0 Å². The number of hydrogen-bond acceptors (Lipinski definition) is 7. The quantitative estimate of drug-likeness (QED) is 0.176. The molecule has 4 aromatic rings. The van der Waals surface area contributed by atoms with E-state index in [0.29, 0.717) is 46.6 Å². The van der Waals surface area contributed by atoms with Gasteiger partial charge in [-0.25, -0.2) is 9.37 Å². The minimum absolute atomic E-state index is 0.0315. The molecule has 1 saturated heterocycles. The van der Waals surface area contributed by atoms with Gasteiger partial charge in [0.05, 0.1) is 23.7 Å². The number of nitrogens with zero attached hydrogens (tertiary/aromatic N) is 3. The molecule has 3 N–H and O–H groups in total. The van der Waals surface area contributed by atoms with E-state index in [4.69, 9.17) is 16.3 Å². The van der Waals surface area contributed by atoms with E-state index < -0.39 is 5.82 Å². The van der Waals surface area contributed by atoms with Crippen molar-refractivity contribution >= 4 is 52.1 Å². The fraction of sp³-hybridized carbons (Fsp3) is 0.242. The van der Waals surface area contributed by atoms with E-state index in [1.54, 1.807) is 66.7 Å². The Morgan fingerprint density at radius 1 is 0.886 bits per heavy atom. The molecule has 1 aliphatic heterocycles. The van der Waals surface area contributed by atoms with Gasteiger partial charge in [0.25, 0.3) is 5.91 Å². The number of pyridine rings is 1. The maximum Gasteiger partial charge on any atom is 0.255 e. The third-order valence-electron chi connectivity index (χ3n) is 7.26. The molecule has 5 rings (SSSR count). The lowest BCUT2D eigenvalue weighted by molar-refractivity contribution is -0.133. The van der Waals surface area contributed by atoms with Gasteiger partial charge in [0.2, 0.25) is 5.91 Å². The second-order valence-electron chi connectivity index (χ2n) is 10.2. The van der Waals surface area contributed by atoms with E-state index in [2.05, 4.69) is 32.8 Å². The average molecular weight is 617 g/mol. The third-order valence-corrected chi connectivity index (χ3v) is 7.59. The number of carbonyl (C=O) groups excluding carboxylic acids is 2. The minimum Gasteiger partial charge on any atom is -0.493 e. The predicted octanol–water partition coefficient (Wildman–Crippen LogP) is 6.55. The standard InChI is InChI=1S/C33H34ClFN6O3/c1-2-40-18-20-41(21-19-40)31(42)17-22-44-26-13-11-24(12-14-26)36-30-16-15-28(35)32(39-30)37-25-9-7-23(8-10-25)33(43)38-29-6-4-3-5-27(29)34/h3-16H,2,17-22H2,1H3,(H,38,43)(H2,36,37,39). The van der Waals surface area contributed by atoms with Crippen LogP contribution in [0.25, 0.3) is 0 Å². The van der Waals surface area contributed by atoms with E-state index in [0.717, 1.165) is 38.4 Å². The molecule has 0 unspecified atom stereocenters. The first kappa shape index (κ1) is 30.8. The fourth-order valence-electron chi connectivity index (χ4n) is 4.71. The predicted molar refractivity (Wildman–Crippen MR) is 172 cm³/mol. The molecular formula is C33H34ClFN6O3. The summed E-state index contributed by atoms with van der Waals surface area (Å²) >= 11 is 6.12. The van der Waals surface area contributed by atoms with Crippen LogP contribution in [0.15, 0.2) is 84.9 Å². The van der Waals surface area contributed by atoms with Crippen molar-refractivity contribution in [2.75, 3.05) is 55.3 Å². The number of benzene rings is 3. The van der Waals surface area contributed by atoms with Gasteiger partial charge in [0, 0.05) is 43.1 Å². The molecule has 44 heavy (non-hydrogen) atoms. The summed E-state index contributed by atoms with van der Waals surface area (Å²) < 4.78 is 20.4. The Balaban J connectivity index is 1.11. The monoisotopic (exact) mass is 616 g/mol. The lowest BCUT2D eigenvalue weighted by atomic mass is 10.2. The van der Waals surface area contributed by atoms with Gasteiger partial charge < -0.3 is 30.5 Å². The number of anilines is 5. The second kappa shape index (κ2) is 14.7. The molecular weight excluding hydrogens is 583 g/mol. The van der Waals surface area contributed by atoms with Gasteiger partial charge in [0.15, 0.2) is 11.6 Å². The molecule has 2 amide bonds. The highest BCUT2D eigenvalue weighted by Crippen LogP contribution is 2.25. The highest BCUT2D eigenvalue weighted by Gasteiger charge is 2.20. The number of rotatable bonds is 11. The van der Waals surface area contributed by atoms with Crippen LogP contribution in [0, 0.1) is 5.82 Å². The molecule has 9 nitrogen and oxygen atoms in total. The Kier molecular flexibility index (Phi) is 10.3. The number of likely N-dealkylation sites (N-methyl/N-ethyl adjacent to an activating group) is 1. The number of para-hydroxylation sites is 1. The fourth-order valence-corrected chi connectivity index (χ4v) is 4.89. The van der Waals surface area contributed by atoms with Crippen LogP contribution in [0.3, 0.4) is 0 Å². The molecule has 1 fully saturated rings. The van der Waals surface area contributed by atoms with Crippen LogP contribution in [0.2, 0.25) is 5.02 Å². The van der Waals surface area contributed by atoms with Crippen LogP contribution < -0.4 is 20.7 Å². The number of piperazine rings is 1. The van der Waals surface area contributed by atoms with Gasteiger partial charge >= 0.3 is 0 Å². The van der Waals surface area contributed by atoms with Gasteiger partial charge in [-0.2, -0.15) is 0 Å². The van der Waals surface area contributed by atoms with Gasteiger partial charge in [0.1, 0.15) is 11.6 Å². The normalized spacial score (nSPS) is 13.3. The van der Waals surface area contributed by atoms with Gasteiger partial charge in [-0.15, -0.1) is 0 Å². The van der Waals surface area contributed by atoms with Crippen molar-refractivity contribution in [1.29, 1.82) is 0 Å². The van der Waals surface area contributed by atoms with Crippen LogP contribution in [0.5, 0.6) is 5.75 Å². The van der Waals surface area contributed by atoms with Gasteiger partial charge in [-0.05, 0) is 79.3 Å². The zero-order valence-electron chi connectivity index (χ0n) is 24.4. The first-order valence-electron chi connectivity index (χ1n) is 14.5. The van der Waals surface area contributed by atoms with Crippen LogP contribution in [0.4, 0.5) is 33.1 Å². The number of amides is 2. The Morgan fingerprint density at radius 2 is 1.57 bits per heavy atom. The zero-order valence-corrected chi connectivity index (χ0v) is 25.1. The molecule has 0 atom stereocenters. The molecule has 3 aromatic carbocycles. The largest absolute Gasteiger partial charge is 0.493 e. The molecule has 0 spiro atoms. The first-order valence-corrected chi connectivity index (χ1v) is 14.9. The van der Waals surface area contributed by atoms with E-state index in [-0.39, 0.29) is 17.6 Å². The van der Waals surface area contributed by atoms with Gasteiger partial charge in [-0.3, -0.25) is 9.59 Å². The molecule has 11 heteroatoms. The number of nitrogens with one attached hydrogen (secondary N) is 3. The summed E-state index contributed by atoms with van der Waals surface area (Å²) in [5.74, 6) is 0.391. The van der Waals surface area contributed by atoms with Gasteiger partial charge in [-0.1, -0.05) is 30.7 Å². The number of aromatic nitrogens is 1. The van der Waals surface area contributed by atoms with E-state index >= 15 is 0 Å². The van der Waals surface area contributed by atoms with Crippen molar-refractivity contribution in [2.45, 2.75) is 13.3 Å². The van der Waals surface area contributed by atoms with Crippen LogP contribution in [-0.4, -0.2) is 65.9 Å². The second-order valence-corrected chi connectivity index (χ2v) is 10.6. The average Bonchev–Trinajstić information content (AvgIpc) is 3.05. The van der Waals surface area contributed by atoms with Crippen molar-refractivity contribution < 1.29 is 18.7 Å². The molecule has 228 valence electrons. The first-order chi connectivity index (χ1) is 21.4. The van der Waals surface area contributed by atoms with Crippen LogP contribution in [-0.2, 0) is 4.79 Å². The molecule has 0 radical (unpaired) electrons. The lowest BCUT2D eigenvalue weighted by Crippen LogP contribution is -2.48. The maximum atomic E-state index is 14.6. The molecule has 1 aliphatic rings. The summed E-state index contributed by atoms with van der Waals surface area (Å²) in [4.78, 5) is 33.7.